The number of piperidine rings is 1. The zero-order valence-electron chi connectivity index (χ0n) is 23.0. The third-order valence-corrected chi connectivity index (χ3v) is 7.48. The lowest BCUT2D eigenvalue weighted by Crippen LogP contribution is -2.53. The molecule has 2 saturated carbocycles. The van der Waals surface area contributed by atoms with E-state index in [1.165, 1.54) is 11.3 Å². The smallest absolute Gasteiger partial charge is 0.407 e. The molecule has 0 radical (unpaired) electrons. The van der Waals surface area contributed by atoms with Gasteiger partial charge in [-0.05, 0) is 57.3 Å². The molecule has 1 aliphatic heterocycles. The summed E-state index contributed by atoms with van der Waals surface area (Å²) in [6.07, 6.45) is 7.72. The topological polar surface area (TPSA) is 167 Å². The first-order valence-corrected chi connectivity index (χ1v) is 14.0. The molecule has 0 bridgehead atoms. The minimum atomic E-state index is -1.16. The molecule has 3 rings (SSSR count). The van der Waals surface area contributed by atoms with Gasteiger partial charge in [0.15, 0.2) is 5.96 Å². The number of carbonyl (C=O) groups excluding carboxylic acids is 4. The molecule has 0 aromatic carbocycles. The summed E-state index contributed by atoms with van der Waals surface area (Å²) in [7, 11) is 0. The molecule has 1 saturated heterocycles. The minimum absolute atomic E-state index is 0. The van der Waals surface area contributed by atoms with E-state index in [1.54, 1.807) is 11.8 Å². The van der Waals surface area contributed by atoms with Gasteiger partial charge in [-0.2, -0.15) is 0 Å². The van der Waals surface area contributed by atoms with Crippen molar-refractivity contribution in [3.63, 3.8) is 0 Å². The zero-order valence-corrected chi connectivity index (χ0v) is 23.8. The Hall–Kier alpha value is -2.76. The van der Waals surface area contributed by atoms with E-state index < -0.39 is 24.0 Å². The number of amides is 3. The molecule has 1 heterocycles. The maximum absolute atomic E-state index is 13.5. The highest BCUT2D eigenvalue weighted by Crippen LogP contribution is 2.28. The monoisotopic (exact) mass is 572 g/mol. The average Bonchev–Trinajstić information content (AvgIpc) is 3.75. The van der Waals surface area contributed by atoms with E-state index in [4.69, 9.17) is 20.6 Å². The van der Waals surface area contributed by atoms with Crippen LogP contribution in [0.5, 0.6) is 0 Å². The number of guanidine groups is 1. The first kappa shape index (κ1) is 32.5. The van der Waals surface area contributed by atoms with Gasteiger partial charge < -0.3 is 35.6 Å². The third kappa shape index (κ3) is 11.1. The molecule has 2 atom stereocenters. The summed E-state index contributed by atoms with van der Waals surface area (Å²) in [6, 6.07) is -1.28. The van der Waals surface area contributed by atoms with Crippen molar-refractivity contribution in [3.05, 3.63) is 0 Å². The summed E-state index contributed by atoms with van der Waals surface area (Å²) in [6.45, 7) is 3.63. The predicted molar refractivity (Wildman–Crippen MR) is 147 cm³/mol. The van der Waals surface area contributed by atoms with Crippen molar-refractivity contribution in [2.45, 2.75) is 83.2 Å². The Balaban J connectivity index is 0.00000533. The molecule has 222 valence electrons. The van der Waals surface area contributed by atoms with Crippen molar-refractivity contribution in [1.29, 1.82) is 5.41 Å². The number of halogens is 1. The molecule has 2 aliphatic carbocycles. The maximum atomic E-state index is 13.5. The number of nitrogens with zero attached hydrogens (tertiary/aromatic N) is 2. The number of hydrogen-bond donors (Lipinski definition) is 4. The second kappa shape index (κ2) is 16.4. The number of nitrogens with two attached hydrogens (primary N) is 1. The van der Waals surface area contributed by atoms with E-state index in [2.05, 4.69) is 10.6 Å². The van der Waals surface area contributed by atoms with Gasteiger partial charge in [0, 0.05) is 25.7 Å². The molecule has 39 heavy (non-hydrogen) atoms. The molecule has 3 fully saturated rings. The van der Waals surface area contributed by atoms with Crippen LogP contribution in [-0.2, 0) is 23.9 Å². The molecule has 0 spiro atoms. The number of likely N-dealkylation sites (tertiary alicyclic amines) is 1. The summed E-state index contributed by atoms with van der Waals surface area (Å²) in [5.74, 6) is -0.948. The molecule has 0 aromatic heterocycles. The van der Waals surface area contributed by atoms with Gasteiger partial charge in [-0.1, -0.05) is 19.3 Å². The van der Waals surface area contributed by atoms with Gasteiger partial charge in [-0.25, -0.2) is 4.79 Å². The summed E-state index contributed by atoms with van der Waals surface area (Å²) in [5.41, 5.74) is 5.61. The van der Waals surface area contributed by atoms with Crippen LogP contribution in [0.1, 0.15) is 71.1 Å². The zero-order chi connectivity index (χ0) is 27.5. The number of esters is 1. The van der Waals surface area contributed by atoms with Gasteiger partial charge in [0.2, 0.25) is 11.8 Å². The Morgan fingerprint density at radius 3 is 2.36 bits per heavy atom. The largest absolute Gasteiger partial charge is 0.465 e. The van der Waals surface area contributed by atoms with E-state index in [0.717, 1.165) is 57.9 Å². The molecular formula is C26H45ClN6O6. The number of alkyl carbamates (subject to hydrolysis) is 1. The van der Waals surface area contributed by atoms with Gasteiger partial charge in [-0.3, -0.25) is 19.8 Å². The van der Waals surface area contributed by atoms with Crippen LogP contribution in [0.2, 0.25) is 0 Å². The number of hydrogen-bond acceptors (Lipinski definition) is 7. The van der Waals surface area contributed by atoms with Gasteiger partial charge in [0.1, 0.15) is 12.6 Å². The van der Waals surface area contributed by atoms with Crippen molar-refractivity contribution in [2.24, 2.45) is 17.6 Å². The van der Waals surface area contributed by atoms with Crippen molar-refractivity contribution >= 4 is 42.2 Å². The first-order chi connectivity index (χ1) is 18.3. The number of ether oxygens (including phenoxy) is 2. The number of rotatable bonds is 12. The summed E-state index contributed by atoms with van der Waals surface area (Å²) in [4.78, 5) is 54.4. The quantitative estimate of drug-likeness (QED) is 0.156. The second-order valence-corrected chi connectivity index (χ2v) is 10.6. The van der Waals surface area contributed by atoms with Gasteiger partial charge in [0.05, 0.1) is 19.6 Å². The molecule has 5 N–H and O–H groups in total. The fraction of sp³-hybridized carbons (Fsp3) is 0.808. The van der Waals surface area contributed by atoms with Crippen LogP contribution in [-0.4, -0.2) is 91.1 Å². The predicted octanol–water partition coefficient (Wildman–Crippen LogP) is 1.75. The summed E-state index contributed by atoms with van der Waals surface area (Å²) >= 11 is 0. The Bertz CT molecular complexity index is 851. The molecule has 3 aliphatic rings. The Kier molecular flexibility index (Phi) is 13.6. The van der Waals surface area contributed by atoms with Crippen LogP contribution < -0.4 is 16.4 Å². The molecule has 3 amide bonds. The standard InChI is InChI=1S/C26H44N6O6.ClH/c1-2-37-23(34)16-32(20-10-11-20)24(35)21(30-26(36)38-17-18-7-4-3-5-8-18)13-22(33)29-14-19-9-6-12-31(15-19)25(27)28;/h18-21H,2-17H2,1H3,(H3,27,28)(H,29,33)(H,30,36);1H/t19-,21-;/m0./s1. The first-order valence-electron chi connectivity index (χ1n) is 14.0. The third-order valence-electron chi connectivity index (χ3n) is 7.48. The SMILES string of the molecule is CCOC(=O)CN(C(=O)[C@H](CC(=O)NC[C@@H]1CCCN(C(=N)N)C1)NC(=O)OCC1CCCCC1)C1CC1.Cl. The Labute approximate surface area is 237 Å². The molecule has 13 heteroatoms. The Morgan fingerprint density at radius 1 is 1.03 bits per heavy atom. The van der Waals surface area contributed by atoms with E-state index >= 15 is 0 Å². The van der Waals surface area contributed by atoms with E-state index in [9.17, 15) is 19.2 Å². The fourth-order valence-corrected chi connectivity index (χ4v) is 5.22. The average molecular weight is 573 g/mol. The maximum Gasteiger partial charge on any atom is 0.407 e. The highest BCUT2D eigenvalue weighted by Gasteiger charge is 2.39. The van der Waals surface area contributed by atoms with Crippen molar-refractivity contribution in [3.8, 4) is 0 Å². The normalized spacial score (nSPS) is 20.1. The van der Waals surface area contributed by atoms with Crippen LogP contribution >= 0.6 is 12.4 Å². The molecule has 0 unspecified atom stereocenters. The Morgan fingerprint density at radius 2 is 1.72 bits per heavy atom. The number of carbonyl (C=O) groups is 4. The van der Waals surface area contributed by atoms with Crippen LogP contribution in [0.3, 0.4) is 0 Å². The highest BCUT2D eigenvalue weighted by atomic mass is 35.5. The summed E-state index contributed by atoms with van der Waals surface area (Å²) < 4.78 is 10.5. The lowest BCUT2D eigenvalue weighted by molar-refractivity contribution is -0.150. The van der Waals surface area contributed by atoms with Gasteiger partial charge >= 0.3 is 12.1 Å². The highest BCUT2D eigenvalue weighted by molar-refractivity contribution is 5.92. The minimum Gasteiger partial charge on any atom is -0.465 e. The van der Waals surface area contributed by atoms with E-state index in [-0.39, 0.29) is 62.4 Å². The fourth-order valence-electron chi connectivity index (χ4n) is 5.22. The van der Waals surface area contributed by atoms with Gasteiger partial charge in [0.25, 0.3) is 0 Å². The lowest BCUT2D eigenvalue weighted by atomic mass is 9.90. The van der Waals surface area contributed by atoms with Crippen LogP contribution in [0.4, 0.5) is 4.79 Å². The molecular weight excluding hydrogens is 528 g/mol. The van der Waals surface area contributed by atoms with Crippen molar-refractivity contribution in [2.75, 3.05) is 39.4 Å². The van der Waals surface area contributed by atoms with Crippen LogP contribution in [0.25, 0.3) is 0 Å². The number of nitrogens with one attached hydrogen (secondary N) is 3. The van der Waals surface area contributed by atoms with Crippen LogP contribution in [0, 0.1) is 17.2 Å². The van der Waals surface area contributed by atoms with E-state index in [0.29, 0.717) is 19.0 Å². The molecule has 12 nitrogen and oxygen atoms in total. The molecule has 0 aromatic rings. The van der Waals surface area contributed by atoms with Crippen LogP contribution in [0.15, 0.2) is 0 Å². The van der Waals surface area contributed by atoms with Crippen molar-refractivity contribution < 1.29 is 28.7 Å². The summed E-state index contributed by atoms with van der Waals surface area (Å²) in [5, 5.41) is 13.1. The van der Waals surface area contributed by atoms with Gasteiger partial charge in [-0.15, -0.1) is 12.4 Å². The van der Waals surface area contributed by atoms with Crippen molar-refractivity contribution in [1.82, 2.24) is 20.4 Å². The lowest BCUT2D eigenvalue weighted by Gasteiger charge is -2.33. The van der Waals surface area contributed by atoms with E-state index in [1.807, 2.05) is 0 Å². The second-order valence-electron chi connectivity index (χ2n) is 10.6.